The molecule has 0 saturated carbocycles. The molecule has 0 bridgehead atoms. The van der Waals surface area contributed by atoms with Crippen LogP contribution in [0, 0.1) is 13.8 Å². The smallest absolute Gasteiger partial charge is 0.143 e. The van der Waals surface area contributed by atoms with Gasteiger partial charge in [0.05, 0.1) is 11.4 Å². The van der Waals surface area contributed by atoms with Crippen molar-refractivity contribution < 1.29 is 4.42 Å². The predicted molar refractivity (Wildman–Crippen MR) is 208 cm³/mol. The fourth-order valence-electron chi connectivity index (χ4n) is 7.19. The van der Waals surface area contributed by atoms with Gasteiger partial charge in [-0.2, -0.15) is 0 Å². The summed E-state index contributed by atoms with van der Waals surface area (Å²) in [6.45, 7) is 4.26. The molecule has 0 unspecified atom stereocenters. The van der Waals surface area contributed by atoms with Gasteiger partial charge in [0.25, 0.3) is 0 Å². The fourth-order valence-corrected chi connectivity index (χ4v) is 7.19. The molecule has 0 aliphatic carbocycles. The van der Waals surface area contributed by atoms with Crippen LogP contribution in [-0.2, 0) is 0 Å². The minimum atomic E-state index is 0.862. The molecule has 8 aromatic carbocycles. The lowest BCUT2D eigenvalue weighted by atomic mass is 9.98. The number of furan rings is 1. The van der Waals surface area contributed by atoms with Crippen LogP contribution in [0.1, 0.15) is 11.1 Å². The summed E-state index contributed by atoms with van der Waals surface area (Å²) in [6, 6.07) is 60.7. The van der Waals surface area contributed by atoms with E-state index in [4.69, 9.17) is 4.42 Å². The normalized spacial score (nSPS) is 11.5. The lowest BCUT2D eigenvalue weighted by Crippen LogP contribution is -2.10. The first kappa shape index (κ1) is 28.9. The van der Waals surface area contributed by atoms with Crippen molar-refractivity contribution in [2.24, 2.45) is 0 Å². The summed E-state index contributed by atoms with van der Waals surface area (Å²) in [4.78, 5) is 4.71. The number of anilines is 6. The number of fused-ring (bicyclic) bond motifs is 7. The zero-order valence-electron chi connectivity index (χ0n) is 27.5. The Morgan fingerprint density at radius 1 is 0.367 bits per heavy atom. The second-order valence-electron chi connectivity index (χ2n) is 12.7. The summed E-state index contributed by atoms with van der Waals surface area (Å²) >= 11 is 0. The lowest BCUT2D eigenvalue weighted by molar-refractivity contribution is 0.673. The molecule has 3 heteroatoms. The van der Waals surface area contributed by atoms with E-state index in [1.165, 1.54) is 11.1 Å². The topological polar surface area (TPSA) is 19.6 Å². The predicted octanol–water partition coefficient (Wildman–Crippen LogP) is 13.4. The molecule has 9 rings (SSSR count). The second-order valence-corrected chi connectivity index (χ2v) is 12.7. The number of nitrogens with zero attached hydrogens (tertiary/aromatic N) is 2. The van der Waals surface area contributed by atoms with Crippen LogP contribution in [-0.4, -0.2) is 0 Å². The van der Waals surface area contributed by atoms with Gasteiger partial charge in [-0.25, -0.2) is 0 Å². The fraction of sp³-hybridized carbons (Fsp3) is 0.0435. The Morgan fingerprint density at radius 3 is 1.31 bits per heavy atom. The van der Waals surface area contributed by atoms with Gasteiger partial charge in [-0.1, -0.05) is 120 Å². The summed E-state index contributed by atoms with van der Waals surface area (Å²) in [6.07, 6.45) is 0. The first-order valence-corrected chi connectivity index (χ1v) is 16.8. The molecule has 0 aliphatic rings. The molecule has 0 atom stereocenters. The van der Waals surface area contributed by atoms with Gasteiger partial charge in [-0.3, -0.25) is 0 Å². The van der Waals surface area contributed by atoms with E-state index >= 15 is 0 Å². The first-order chi connectivity index (χ1) is 24.1. The van der Waals surface area contributed by atoms with Crippen molar-refractivity contribution in [3.05, 3.63) is 181 Å². The molecule has 0 spiro atoms. The van der Waals surface area contributed by atoms with Crippen molar-refractivity contribution in [3.63, 3.8) is 0 Å². The Bertz CT molecular complexity index is 2610. The molecule has 1 aromatic heterocycles. The average Bonchev–Trinajstić information content (AvgIpc) is 3.53. The second kappa shape index (κ2) is 11.7. The molecular formula is C46H34N2O. The SMILES string of the molecule is Cc1ccc(N(c2ccccc2)c2cc3c(oc4cc(N(c5ccccc5)c5ccc(C)cc5)c5ccccc5c43)c3ccccc23)cc1. The van der Waals surface area contributed by atoms with Crippen LogP contribution >= 0.6 is 0 Å². The van der Waals surface area contributed by atoms with Crippen LogP contribution in [0.2, 0.25) is 0 Å². The van der Waals surface area contributed by atoms with E-state index < -0.39 is 0 Å². The Hall–Kier alpha value is -6.32. The van der Waals surface area contributed by atoms with Gasteiger partial charge in [-0.05, 0) is 73.8 Å². The number of para-hydroxylation sites is 2. The van der Waals surface area contributed by atoms with E-state index in [-0.39, 0.29) is 0 Å². The minimum Gasteiger partial charge on any atom is -0.455 e. The zero-order valence-corrected chi connectivity index (χ0v) is 27.5. The molecule has 0 saturated heterocycles. The van der Waals surface area contributed by atoms with E-state index in [2.05, 4.69) is 194 Å². The Kier molecular flexibility index (Phi) is 6.91. The van der Waals surface area contributed by atoms with Crippen molar-refractivity contribution in [2.45, 2.75) is 13.8 Å². The van der Waals surface area contributed by atoms with Crippen LogP contribution in [0.3, 0.4) is 0 Å². The van der Waals surface area contributed by atoms with Crippen LogP contribution in [0.25, 0.3) is 43.5 Å². The molecule has 1 heterocycles. The van der Waals surface area contributed by atoms with E-state index in [1.807, 2.05) is 0 Å². The number of aryl methyl sites for hydroxylation is 2. The van der Waals surface area contributed by atoms with E-state index in [1.54, 1.807) is 0 Å². The van der Waals surface area contributed by atoms with Crippen molar-refractivity contribution >= 4 is 77.6 Å². The highest BCUT2D eigenvalue weighted by Crippen LogP contribution is 2.48. The average molecular weight is 631 g/mol. The van der Waals surface area contributed by atoms with E-state index in [9.17, 15) is 0 Å². The maximum absolute atomic E-state index is 6.97. The van der Waals surface area contributed by atoms with Gasteiger partial charge < -0.3 is 14.2 Å². The van der Waals surface area contributed by atoms with E-state index in [0.29, 0.717) is 0 Å². The largest absolute Gasteiger partial charge is 0.455 e. The lowest BCUT2D eigenvalue weighted by Gasteiger charge is -2.27. The molecule has 9 aromatic rings. The first-order valence-electron chi connectivity index (χ1n) is 16.8. The molecule has 49 heavy (non-hydrogen) atoms. The molecule has 0 radical (unpaired) electrons. The number of rotatable bonds is 6. The van der Waals surface area contributed by atoms with E-state index in [0.717, 1.165) is 77.6 Å². The van der Waals surface area contributed by atoms with Crippen LogP contribution in [0.4, 0.5) is 34.1 Å². The minimum absolute atomic E-state index is 0.862. The van der Waals surface area contributed by atoms with Crippen LogP contribution < -0.4 is 9.80 Å². The number of hydrogen-bond acceptors (Lipinski definition) is 3. The molecule has 0 fully saturated rings. The third-order valence-electron chi connectivity index (χ3n) is 9.54. The van der Waals surface area contributed by atoms with Crippen LogP contribution in [0.15, 0.2) is 174 Å². The zero-order chi connectivity index (χ0) is 32.9. The molecule has 3 nitrogen and oxygen atoms in total. The summed E-state index contributed by atoms with van der Waals surface area (Å²) in [7, 11) is 0. The summed E-state index contributed by atoms with van der Waals surface area (Å²) in [5.41, 5.74) is 10.8. The monoisotopic (exact) mass is 630 g/mol. The molecule has 0 amide bonds. The van der Waals surface area contributed by atoms with Crippen molar-refractivity contribution in [1.29, 1.82) is 0 Å². The van der Waals surface area contributed by atoms with Gasteiger partial charge in [0.1, 0.15) is 11.2 Å². The van der Waals surface area contributed by atoms with Gasteiger partial charge >= 0.3 is 0 Å². The van der Waals surface area contributed by atoms with Gasteiger partial charge in [0.15, 0.2) is 0 Å². The quantitative estimate of drug-likeness (QED) is 0.182. The number of benzene rings is 8. The van der Waals surface area contributed by atoms with Crippen molar-refractivity contribution in [2.75, 3.05) is 9.80 Å². The number of hydrogen-bond donors (Lipinski definition) is 0. The highest BCUT2D eigenvalue weighted by molar-refractivity contribution is 6.27. The summed E-state index contributed by atoms with van der Waals surface area (Å²) in [5, 5.41) is 6.76. The van der Waals surface area contributed by atoms with Gasteiger partial charge in [0.2, 0.25) is 0 Å². The van der Waals surface area contributed by atoms with Crippen LogP contribution in [0.5, 0.6) is 0 Å². The van der Waals surface area contributed by atoms with Crippen molar-refractivity contribution in [1.82, 2.24) is 0 Å². The Morgan fingerprint density at radius 2 is 0.776 bits per heavy atom. The third-order valence-corrected chi connectivity index (χ3v) is 9.54. The Balaban J connectivity index is 1.37. The highest BCUT2D eigenvalue weighted by atomic mass is 16.3. The standard InChI is InChI=1S/C46H34N2O/c1-31-21-25-35(26-22-31)47(33-13-5-3-6-14-33)42-29-41-45-39-19-11-9-17-37(39)43(30-44(45)49-46(41)40-20-12-10-18-38(40)42)48(34-15-7-4-8-16-34)36-27-23-32(2)24-28-36/h3-30H,1-2H3. The highest BCUT2D eigenvalue weighted by Gasteiger charge is 2.23. The van der Waals surface area contributed by atoms with Gasteiger partial charge in [0, 0.05) is 55.7 Å². The maximum Gasteiger partial charge on any atom is 0.143 e. The summed E-state index contributed by atoms with van der Waals surface area (Å²) < 4.78 is 6.97. The molecule has 234 valence electrons. The molecular weight excluding hydrogens is 597 g/mol. The van der Waals surface area contributed by atoms with Crippen molar-refractivity contribution in [3.8, 4) is 0 Å². The maximum atomic E-state index is 6.97. The Labute approximate surface area is 285 Å². The third kappa shape index (κ3) is 4.90. The molecule has 0 aliphatic heterocycles. The summed E-state index contributed by atoms with van der Waals surface area (Å²) in [5.74, 6) is 0. The van der Waals surface area contributed by atoms with Gasteiger partial charge in [-0.15, -0.1) is 0 Å². The molecule has 0 N–H and O–H groups in total.